The first-order valence-corrected chi connectivity index (χ1v) is 12.0. The maximum Gasteiger partial charge on any atom is 0.261 e. The lowest BCUT2D eigenvalue weighted by molar-refractivity contribution is -0.143. The second-order valence-corrected chi connectivity index (χ2v) is 8.82. The molecular weight excluding hydrogens is 467 g/mol. The first-order valence-electron chi connectivity index (χ1n) is 11.6. The van der Waals surface area contributed by atoms with Crippen molar-refractivity contribution in [2.75, 3.05) is 6.61 Å². The van der Waals surface area contributed by atoms with Crippen LogP contribution in [0.3, 0.4) is 0 Å². The summed E-state index contributed by atoms with van der Waals surface area (Å²) in [6.07, 6.45) is 1.02. The van der Waals surface area contributed by atoms with E-state index in [1.54, 1.807) is 42.5 Å². The predicted octanol–water partition coefficient (Wildman–Crippen LogP) is 5.41. The van der Waals surface area contributed by atoms with E-state index in [2.05, 4.69) is 5.32 Å². The van der Waals surface area contributed by atoms with Crippen molar-refractivity contribution < 1.29 is 18.7 Å². The second-order valence-electron chi connectivity index (χ2n) is 8.38. The molecule has 0 saturated heterocycles. The van der Waals surface area contributed by atoms with Crippen molar-refractivity contribution in [1.29, 1.82) is 0 Å². The quantitative estimate of drug-likeness (QED) is 0.386. The van der Waals surface area contributed by atoms with E-state index >= 15 is 0 Å². The molecule has 0 aliphatic rings. The van der Waals surface area contributed by atoms with E-state index in [9.17, 15) is 14.0 Å². The Hall–Kier alpha value is -3.38. The molecule has 1 N–H and O–H groups in total. The number of rotatable bonds is 11. The van der Waals surface area contributed by atoms with Crippen LogP contribution < -0.4 is 10.1 Å². The van der Waals surface area contributed by atoms with Crippen LogP contribution in [-0.4, -0.2) is 35.4 Å². The fourth-order valence-corrected chi connectivity index (χ4v) is 3.77. The summed E-state index contributed by atoms with van der Waals surface area (Å²) in [5, 5.41) is 3.46. The Morgan fingerprint density at radius 1 is 1.03 bits per heavy atom. The second kappa shape index (κ2) is 12.9. The number of carbonyl (C=O) groups excluding carboxylic acids is 2. The van der Waals surface area contributed by atoms with Crippen LogP contribution in [0.25, 0.3) is 0 Å². The molecule has 35 heavy (non-hydrogen) atoms. The Bertz CT molecular complexity index is 1130. The maximum atomic E-state index is 14.6. The van der Waals surface area contributed by atoms with Crippen LogP contribution in [0.4, 0.5) is 4.39 Å². The molecule has 5 nitrogen and oxygen atoms in total. The SMILES string of the molecule is CC[C@H](C)NC(=O)[C@@H](Cc1ccccc1)N(Cc1ccccc1F)C(=O)COc1cccc(Cl)c1. The van der Waals surface area contributed by atoms with Gasteiger partial charge in [-0.3, -0.25) is 9.59 Å². The summed E-state index contributed by atoms with van der Waals surface area (Å²) in [5.74, 6) is -0.744. The van der Waals surface area contributed by atoms with Gasteiger partial charge in [0.2, 0.25) is 5.91 Å². The van der Waals surface area contributed by atoms with Crippen molar-refractivity contribution >= 4 is 23.4 Å². The zero-order valence-corrected chi connectivity index (χ0v) is 20.7. The Morgan fingerprint density at radius 2 is 1.74 bits per heavy atom. The first kappa shape index (κ1) is 26.2. The van der Waals surface area contributed by atoms with E-state index in [0.29, 0.717) is 16.3 Å². The van der Waals surface area contributed by atoms with Crippen LogP contribution in [0.15, 0.2) is 78.9 Å². The van der Waals surface area contributed by atoms with E-state index in [0.717, 1.165) is 12.0 Å². The Morgan fingerprint density at radius 3 is 2.43 bits per heavy atom. The van der Waals surface area contributed by atoms with Gasteiger partial charge in [0.05, 0.1) is 0 Å². The van der Waals surface area contributed by atoms with Crippen LogP contribution >= 0.6 is 11.6 Å². The molecule has 0 saturated carbocycles. The van der Waals surface area contributed by atoms with Crippen LogP contribution in [0.1, 0.15) is 31.4 Å². The lowest BCUT2D eigenvalue weighted by Gasteiger charge is -2.32. The monoisotopic (exact) mass is 496 g/mol. The number of hydrogen-bond donors (Lipinski definition) is 1. The largest absolute Gasteiger partial charge is 0.484 e. The van der Waals surface area contributed by atoms with Gasteiger partial charge < -0.3 is 15.0 Å². The zero-order chi connectivity index (χ0) is 25.2. The highest BCUT2D eigenvalue weighted by Gasteiger charge is 2.31. The Labute approximate surface area is 210 Å². The highest BCUT2D eigenvalue weighted by atomic mass is 35.5. The average molecular weight is 497 g/mol. The topological polar surface area (TPSA) is 58.6 Å². The molecule has 3 aromatic carbocycles. The molecule has 3 rings (SSSR count). The summed E-state index contributed by atoms with van der Waals surface area (Å²) >= 11 is 6.02. The molecule has 0 radical (unpaired) electrons. The highest BCUT2D eigenvalue weighted by Crippen LogP contribution is 2.20. The molecule has 0 unspecified atom stereocenters. The summed E-state index contributed by atoms with van der Waals surface area (Å²) in [6.45, 7) is 3.48. The fourth-order valence-electron chi connectivity index (χ4n) is 3.59. The molecule has 0 aromatic heterocycles. The molecule has 7 heteroatoms. The summed E-state index contributed by atoms with van der Waals surface area (Å²) in [5.41, 5.74) is 1.21. The molecule has 0 heterocycles. The van der Waals surface area contributed by atoms with E-state index < -0.39 is 17.8 Å². The number of carbonyl (C=O) groups is 2. The molecule has 184 valence electrons. The molecule has 0 spiro atoms. The van der Waals surface area contributed by atoms with E-state index in [1.165, 1.54) is 11.0 Å². The van der Waals surface area contributed by atoms with Gasteiger partial charge >= 0.3 is 0 Å². The number of nitrogens with zero attached hydrogens (tertiary/aromatic N) is 1. The van der Waals surface area contributed by atoms with Gasteiger partial charge in [-0.2, -0.15) is 0 Å². The minimum atomic E-state index is -0.860. The van der Waals surface area contributed by atoms with E-state index in [4.69, 9.17) is 16.3 Å². The third-order valence-corrected chi connectivity index (χ3v) is 5.96. The molecule has 2 atom stereocenters. The Balaban J connectivity index is 1.92. The van der Waals surface area contributed by atoms with Crippen molar-refractivity contribution in [2.45, 2.75) is 45.3 Å². The lowest BCUT2D eigenvalue weighted by Crippen LogP contribution is -2.53. The number of benzene rings is 3. The summed E-state index contributed by atoms with van der Waals surface area (Å²) in [7, 11) is 0. The van der Waals surface area contributed by atoms with Crippen molar-refractivity contribution in [3.8, 4) is 5.75 Å². The maximum absolute atomic E-state index is 14.6. The normalized spacial score (nSPS) is 12.5. The first-order chi connectivity index (χ1) is 16.9. The van der Waals surface area contributed by atoms with Crippen molar-refractivity contribution in [1.82, 2.24) is 10.2 Å². The number of halogens is 2. The smallest absolute Gasteiger partial charge is 0.261 e. The molecule has 0 fully saturated rings. The number of nitrogens with one attached hydrogen (secondary N) is 1. The van der Waals surface area contributed by atoms with Crippen LogP contribution in [0.5, 0.6) is 5.75 Å². The van der Waals surface area contributed by atoms with Crippen molar-refractivity contribution in [3.63, 3.8) is 0 Å². The predicted molar refractivity (Wildman–Crippen MR) is 136 cm³/mol. The summed E-state index contributed by atoms with van der Waals surface area (Å²) < 4.78 is 20.3. The number of ether oxygens (including phenoxy) is 1. The third kappa shape index (κ3) is 7.82. The van der Waals surface area contributed by atoms with Gasteiger partial charge in [0, 0.05) is 29.6 Å². The lowest BCUT2D eigenvalue weighted by atomic mass is 10.0. The standard InChI is InChI=1S/C28H30ClFN2O3/c1-3-20(2)31-28(34)26(16-21-10-5-4-6-11-21)32(18-22-12-7-8-15-25(22)30)27(33)19-35-24-14-9-13-23(29)17-24/h4-15,17,20,26H,3,16,18-19H2,1-2H3,(H,31,34)/t20-,26+/m0/s1. The van der Waals surface area contributed by atoms with Crippen molar-refractivity contribution in [2.24, 2.45) is 0 Å². The van der Waals surface area contributed by atoms with E-state index in [-0.39, 0.29) is 31.5 Å². The van der Waals surface area contributed by atoms with Gasteiger partial charge in [-0.15, -0.1) is 0 Å². The van der Waals surface area contributed by atoms with Crippen LogP contribution in [-0.2, 0) is 22.6 Å². The number of hydrogen-bond acceptors (Lipinski definition) is 3. The number of amides is 2. The fraction of sp³-hybridized carbons (Fsp3) is 0.286. The van der Waals surface area contributed by atoms with Crippen molar-refractivity contribution in [3.05, 3.63) is 101 Å². The molecule has 0 aliphatic carbocycles. The van der Waals surface area contributed by atoms with Gasteiger partial charge in [0.1, 0.15) is 17.6 Å². The average Bonchev–Trinajstić information content (AvgIpc) is 2.86. The zero-order valence-electron chi connectivity index (χ0n) is 19.9. The summed E-state index contributed by atoms with van der Waals surface area (Å²) in [6, 6.07) is 21.5. The molecule has 3 aromatic rings. The minimum Gasteiger partial charge on any atom is -0.484 e. The van der Waals surface area contributed by atoms with Gasteiger partial charge in [0.25, 0.3) is 5.91 Å². The third-order valence-electron chi connectivity index (χ3n) is 5.73. The van der Waals surface area contributed by atoms with Crippen LogP contribution in [0.2, 0.25) is 5.02 Å². The molecule has 2 amide bonds. The molecule has 0 bridgehead atoms. The van der Waals surface area contributed by atoms with Gasteiger partial charge in [-0.05, 0) is 43.2 Å². The van der Waals surface area contributed by atoms with Crippen LogP contribution in [0, 0.1) is 5.82 Å². The summed E-state index contributed by atoms with van der Waals surface area (Å²) in [4.78, 5) is 28.3. The Kier molecular flexibility index (Phi) is 9.67. The molecular formula is C28H30ClFN2O3. The minimum absolute atomic E-state index is 0.0736. The highest BCUT2D eigenvalue weighted by molar-refractivity contribution is 6.30. The van der Waals surface area contributed by atoms with Gasteiger partial charge in [0.15, 0.2) is 6.61 Å². The van der Waals surface area contributed by atoms with Gasteiger partial charge in [-0.25, -0.2) is 4.39 Å². The molecule has 0 aliphatic heterocycles. The van der Waals surface area contributed by atoms with E-state index in [1.807, 2.05) is 44.2 Å². The van der Waals surface area contributed by atoms with Gasteiger partial charge in [-0.1, -0.05) is 73.1 Å².